The minimum atomic E-state index is -0.0774. The van der Waals surface area contributed by atoms with E-state index >= 15 is 0 Å². The summed E-state index contributed by atoms with van der Waals surface area (Å²) in [6.45, 7) is 2.03. The standard InChI is InChI=1S/C23H26N4O3S/c1-29-19-9-7-17(8-10-19)21-25-22(27-26-21)31-15-20(28)24-16-23(11-13-30-14-12-23)18-5-3-2-4-6-18/h2-10H,11-16H2,1H3,(H,24,28)(H,25,26,27). The summed E-state index contributed by atoms with van der Waals surface area (Å²) in [5, 5.41) is 10.8. The maximum atomic E-state index is 12.5. The second kappa shape index (κ2) is 9.98. The van der Waals surface area contributed by atoms with E-state index in [0.29, 0.717) is 30.7 Å². The number of amides is 1. The molecule has 1 aliphatic heterocycles. The number of methoxy groups -OCH3 is 1. The Morgan fingerprint density at radius 1 is 1.16 bits per heavy atom. The fourth-order valence-corrected chi connectivity index (χ4v) is 4.39. The van der Waals surface area contributed by atoms with Crippen LogP contribution in [0.3, 0.4) is 0 Å². The highest BCUT2D eigenvalue weighted by Crippen LogP contribution is 2.34. The number of aromatic nitrogens is 3. The molecule has 1 amide bonds. The molecule has 2 heterocycles. The Balaban J connectivity index is 1.32. The van der Waals surface area contributed by atoms with E-state index in [0.717, 1.165) is 24.2 Å². The molecule has 3 aromatic rings. The fraction of sp³-hybridized carbons (Fsp3) is 0.348. The van der Waals surface area contributed by atoms with E-state index in [2.05, 4.69) is 32.6 Å². The van der Waals surface area contributed by atoms with Crippen molar-refractivity contribution in [3.8, 4) is 17.1 Å². The van der Waals surface area contributed by atoms with E-state index in [1.807, 2.05) is 42.5 Å². The van der Waals surface area contributed by atoms with Crippen LogP contribution < -0.4 is 10.1 Å². The van der Waals surface area contributed by atoms with Crippen molar-refractivity contribution in [2.24, 2.45) is 0 Å². The molecule has 1 saturated heterocycles. The summed E-state index contributed by atoms with van der Waals surface area (Å²) in [5.41, 5.74) is 2.09. The molecule has 2 N–H and O–H groups in total. The Bertz CT molecular complexity index is 986. The first-order valence-corrected chi connectivity index (χ1v) is 11.3. The molecule has 1 aliphatic rings. The second-order valence-electron chi connectivity index (χ2n) is 7.52. The van der Waals surface area contributed by atoms with Gasteiger partial charge in [0.1, 0.15) is 5.75 Å². The molecule has 0 unspecified atom stereocenters. The third-order valence-corrected chi connectivity index (χ3v) is 6.47. The molecule has 162 valence electrons. The molecule has 7 nitrogen and oxygen atoms in total. The number of H-pyrrole nitrogens is 1. The number of nitrogens with one attached hydrogen (secondary N) is 2. The predicted octanol–water partition coefficient (Wildman–Crippen LogP) is 3.44. The van der Waals surface area contributed by atoms with Crippen molar-refractivity contribution in [1.29, 1.82) is 0 Å². The van der Waals surface area contributed by atoms with Gasteiger partial charge in [-0.05, 0) is 42.7 Å². The molecule has 0 aliphatic carbocycles. The zero-order chi connectivity index (χ0) is 21.5. The summed E-state index contributed by atoms with van der Waals surface area (Å²) in [5.74, 6) is 1.69. The number of thioether (sulfide) groups is 1. The molecule has 8 heteroatoms. The normalized spacial score (nSPS) is 15.4. The summed E-state index contributed by atoms with van der Waals surface area (Å²) in [7, 11) is 1.63. The molecule has 31 heavy (non-hydrogen) atoms. The van der Waals surface area contributed by atoms with Crippen molar-refractivity contribution >= 4 is 17.7 Å². The number of rotatable bonds is 8. The van der Waals surface area contributed by atoms with Crippen molar-refractivity contribution in [3.63, 3.8) is 0 Å². The third-order valence-electron chi connectivity index (χ3n) is 5.62. The number of carbonyl (C=O) groups excluding carboxylic acids is 1. The van der Waals surface area contributed by atoms with Gasteiger partial charge in [-0.2, -0.15) is 0 Å². The Hall–Kier alpha value is -2.84. The van der Waals surface area contributed by atoms with Crippen LogP contribution in [0, 0.1) is 0 Å². The number of carbonyl (C=O) groups is 1. The van der Waals surface area contributed by atoms with Gasteiger partial charge in [0.25, 0.3) is 0 Å². The Labute approximate surface area is 186 Å². The van der Waals surface area contributed by atoms with Gasteiger partial charge in [-0.3, -0.25) is 9.89 Å². The average Bonchev–Trinajstić information content (AvgIpc) is 3.32. The summed E-state index contributed by atoms with van der Waals surface area (Å²) >= 11 is 1.32. The topological polar surface area (TPSA) is 89.1 Å². The maximum Gasteiger partial charge on any atom is 0.230 e. The predicted molar refractivity (Wildman–Crippen MR) is 120 cm³/mol. The smallest absolute Gasteiger partial charge is 0.230 e. The summed E-state index contributed by atoms with van der Waals surface area (Å²) in [4.78, 5) is 17.0. The highest BCUT2D eigenvalue weighted by molar-refractivity contribution is 7.99. The highest BCUT2D eigenvalue weighted by Gasteiger charge is 2.34. The lowest BCUT2D eigenvalue weighted by Crippen LogP contribution is -2.45. The molecule has 0 bridgehead atoms. The van der Waals surface area contributed by atoms with Crippen LogP contribution in [-0.4, -0.2) is 53.7 Å². The van der Waals surface area contributed by atoms with Crippen molar-refractivity contribution in [3.05, 3.63) is 60.2 Å². The number of aromatic amines is 1. The highest BCUT2D eigenvalue weighted by atomic mass is 32.2. The number of benzene rings is 2. The van der Waals surface area contributed by atoms with Crippen LogP contribution in [-0.2, 0) is 14.9 Å². The Morgan fingerprint density at radius 2 is 1.90 bits per heavy atom. The quantitative estimate of drug-likeness (QED) is 0.524. The molecule has 1 aromatic heterocycles. The van der Waals surface area contributed by atoms with Crippen molar-refractivity contribution in [2.75, 3.05) is 32.6 Å². The van der Waals surface area contributed by atoms with Crippen LogP contribution in [0.15, 0.2) is 59.8 Å². The van der Waals surface area contributed by atoms with Crippen LogP contribution in [0.2, 0.25) is 0 Å². The van der Waals surface area contributed by atoms with E-state index in [4.69, 9.17) is 9.47 Å². The van der Waals surface area contributed by atoms with Gasteiger partial charge in [0.05, 0.1) is 12.9 Å². The Kier molecular flexibility index (Phi) is 6.89. The van der Waals surface area contributed by atoms with Gasteiger partial charge in [0.15, 0.2) is 5.82 Å². The Morgan fingerprint density at radius 3 is 2.61 bits per heavy atom. The molecular weight excluding hydrogens is 412 g/mol. The lowest BCUT2D eigenvalue weighted by atomic mass is 9.74. The van der Waals surface area contributed by atoms with Crippen molar-refractivity contribution in [1.82, 2.24) is 20.5 Å². The van der Waals surface area contributed by atoms with Gasteiger partial charge in [-0.25, -0.2) is 4.98 Å². The van der Waals surface area contributed by atoms with Crippen LogP contribution in [0.1, 0.15) is 18.4 Å². The van der Waals surface area contributed by atoms with Gasteiger partial charge in [0.2, 0.25) is 11.1 Å². The van der Waals surface area contributed by atoms with E-state index in [1.54, 1.807) is 7.11 Å². The van der Waals surface area contributed by atoms with Crippen molar-refractivity contribution in [2.45, 2.75) is 23.4 Å². The van der Waals surface area contributed by atoms with Gasteiger partial charge in [-0.15, -0.1) is 5.10 Å². The largest absolute Gasteiger partial charge is 0.497 e. The molecule has 0 spiro atoms. The van der Waals surface area contributed by atoms with Gasteiger partial charge < -0.3 is 14.8 Å². The molecule has 0 atom stereocenters. The molecule has 4 rings (SSSR count). The van der Waals surface area contributed by atoms with Crippen LogP contribution in [0.5, 0.6) is 5.75 Å². The van der Waals surface area contributed by atoms with E-state index in [9.17, 15) is 4.79 Å². The first-order chi connectivity index (χ1) is 15.2. The fourth-order valence-electron chi connectivity index (χ4n) is 3.76. The first kappa shape index (κ1) is 21.4. The zero-order valence-electron chi connectivity index (χ0n) is 17.5. The van der Waals surface area contributed by atoms with Crippen molar-refractivity contribution < 1.29 is 14.3 Å². The first-order valence-electron chi connectivity index (χ1n) is 10.3. The lowest BCUT2D eigenvalue weighted by molar-refractivity contribution is -0.119. The monoisotopic (exact) mass is 438 g/mol. The molecule has 0 radical (unpaired) electrons. The SMILES string of the molecule is COc1ccc(-c2nc(SCC(=O)NCC3(c4ccccc4)CCOCC3)n[nH]2)cc1. The maximum absolute atomic E-state index is 12.5. The number of nitrogens with zero attached hydrogens (tertiary/aromatic N) is 2. The minimum Gasteiger partial charge on any atom is -0.497 e. The number of hydrogen-bond donors (Lipinski definition) is 2. The van der Waals surface area contributed by atoms with Crippen LogP contribution in [0.4, 0.5) is 0 Å². The summed E-state index contributed by atoms with van der Waals surface area (Å²) in [6, 6.07) is 18.0. The van der Waals surface area contributed by atoms with Gasteiger partial charge >= 0.3 is 0 Å². The number of hydrogen-bond acceptors (Lipinski definition) is 6. The third kappa shape index (κ3) is 5.26. The van der Waals surface area contributed by atoms with Crippen LogP contribution >= 0.6 is 11.8 Å². The van der Waals surface area contributed by atoms with Crippen LogP contribution in [0.25, 0.3) is 11.4 Å². The zero-order valence-corrected chi connectivity index (χ0v) is 18.3. The van der Waals surface area contributed by atoms with E-state index in [-0.39, 0.29) is 17.1 Å². The second-order valence-corrected chi connectivity index (χ2v) is 8.46. The number of ether oxygens (including phenoxy) is 2. The average molecular weight is 439 g/mol. The van der Waals surface area contributed by atoms with Gasteiger partial charge in [0, 0.05) is 30.7 Å². The summed E-state index contributed by atoms with van der Waals surface area (Å²) in [6.07, 6.45) is 1.80. The van der Waals surface area contributed by atoms with Gasteiger partial charge in [-0.1, -0.05) is 42.1 Å². The molecule has 0 saturated carbocycles. The van der Waals surface area contributed by atoms with E-state index in [1.165, 1.54) is 17.3 Å². The molecule has 1 fully saturated rings. The summed E-state index contributed by atoms with van der Waals surface area (Å²) < 4.78 is 10.7. The van der Waals surface area contributed by atoms with E-state index < -0.39 is 0 Å². The molecular formula is C23H26N4O3S. The lowest BCUT2D eigenvalue weighted by Gasteiger charge is -2.38. The molecule has 2 aromatic carbocycles. The minimum absolute atomic E-state index is 0.0254.